The van der Waals surface area contributed by atoms with Gasteiger partial charge in [0, 0.05) is 31.6 Å². The van der Waals surface area contributed by atoms with Gasteiger partial charge in [0.05, 0.1) is 12.1 Å². The van der Waals surface area contributed by atoms with Gasteiger partial charge in [0.1, 0.15) is 11.1 Å². The van der Waals surface area contributed by atoms with Gasteiger partial charge in [-0.25, -0.2) is 4.98 Å². The van der Waals surface area contributed by atoms with Gasteiger partial charge in [0.2, 0.25) is 5.91 Å². The Morgan fingerprint density at radius 2 is 2.08 bits per heavy atom. The quantitative estimate of drug-likeness (QED) is 0.706. The van der Waals surface area contributed by atoms with E-state index in [-0.39, 0.29) is 12.0 Å². The maximum Gasteiger partial charge on any atom is 0.228 e. The smallest absolute Gasteiger partial charge is 0.228 e. The van der Waals surface area contributed by atoms with Crippen LogP contribution in [0.25, 0.3) is 0 Å². The molecule has 0 fully saturated rings. The summed E-state index contributed by atoms with van der Waals surface area (Å²) >= 11 is 1.54. The van der Waals surface area contributed by atoms with E-state index in [9.17, 15) is 4.79 Å². The monoisotopic (exact) mass is 361 g/mol. The highest BCUT2D eigenvalue weighted by molar-refractivity contribution is 7.09. The van der Waals surface area contributed by atoms with Gasteiger partial charge >= 0.3 is 0 Å². The fourth-order valence-electron chi connectivity index (χ4n) is 2.60. The number of amides is 1. The standard InChI is InChI=1S/C19H27N3O2S/c1-3-24-15(2)19-21-17(14-25-19)13-18(23)22(12-10-20)11-9-16-7-5-4-6-8-16/h4-8,14-15H,3,9-13,20H2,1-2H3. The van der Waals surface area contributed by atoms with E-state index in [1.807, 2.05) is 42.3 Å². The van der Waals surface area contributed by atoms with Crippen LogP contribution in [-0.2, 0) is 22.4 Å². The van der Waals surface area contributed by atoms with Crippen LogP contribution in [0.5, 0.6) is 0 Å². The number of rotatable bonds is 10. The van der Waals surface area contributed by atoms with Crippen LogP contribution in [0.15, 0.2) is 35.7 Å². The normalized spacial score (nSPS) is 12.1. The summed E-state index contributed by atoms with van der Waals surface area (Å²) in [5.74, 6) is 0.0716. The van der Waals surface area contributed by atoms with E-state index in [4.69, 9.17) is 10.5 Å². The Hall–Kier alpha value is -1.76. The van der Waals surface area contributed by atoms with Crippen LogP contribution >= 0.6 is 11.3 Å². The lowest BCUT2D eigenvalue weighted by molar-refractivity contribution is -0.130. The van der Waals surface area contributed by atoms with E-state index < -0.39 is 0 Å². The summed E-state index contributed by atoms with van der Waals surface area (Å²) in [6, 6.07) is 10.2. The molecule has 0 aliphatic heterocycles. The fourth-order valence-corrected chi connectivity index (χ4v) is 3.43. The van der Waals surface area contributed by atoms with E-state index >= 15 is 0 Å². The number of nitrogens with two attached hydrogens (primary N) is 1. The zero-order chi connectivity index (χ0) is 18.1. The number of hydrogen-bond donors (Lipinski definition) is 1. The SMILES string of the molecule is CCOC(C)c1nc(CC(=O)N(CCN)CCc2ccccc2)cs1. The molecule has 25 heavy (non-hydrogen) atoms. The second-order valence-corrected chi connectivity index (χ2v) is 6.75. The summed E-state index contributed by atoms with van der Waals surface area (Å²) in [6.45, 7) is 6.30. The highest BCUT2D eigenvalue weighted by atomic mass is 32.1. The lowest BCUT2D eigenvalue weighted by atomic mass is 10.1. The van der Waals surface area contributed by atoms with Crippen molar-refractivity contribution < 1.29 is 9.53 Å². The Balaban J connectivity index is 1.93. The maximum absolute atomic E-state index is 12.6. The number of hydrogen-bond acceptors (Lipinski definition) is 5. The predicted octanol–water partition coefficient (Wildman–Crippen LogP) is 2.81. The van der Waals surface area contributed by atoms with Crippen molar-refractivity contribution >= 4 is 17.2 Å². The molecule has 136 valence electrons. The van der Waals surface area contributed by atoms with Crippen LogP contribution in [0, 0.1) is 0 Å². The van der Waals surface area contributed by atoms with Crippen LogP contribution < -0.4 is 5.73 Å². The zero-order valence-corrected chi connectivity index (χ0v) is 15.8. The first-order chi connectivity index (χ1) is 12.1. The van der Waals surface area contributed by atoms with Gasteiger partial charge in [-0.2, -0.15) is 0 Å². The van der Waals surface area contributed by atoms with Gasteiger partial charge < -0.3 is 15.4 Å². The molecule has 0 saturated carbocycles. The Morgan fingerprint density at radius 3 is 2.76 bits per heavy atom. The molecule has 1 amide bonds. The fraction of sp³-hybridized carbons (Fsp3) is 0.474. The van der Waals surface area contributed by atoms with Crippen molar-refractivity contribution in [1.82, 2.24) is 9.88 Å². The molecule has 1 unspecified atom stereocenters. The Morgan fingerprint density at radius 1 is 1.32 bits per heavy atom. The van der Waals surface area contributed by atoms with Crippen molar-refractivity contribution in [3.63, 3.8) is 0 Å². The third-order valence-corrected chi connectivity index (χ3v) is 4.99. The number of aromatic nitrogens is 1. The molecule has 6 heteroatoms. The lowest BCUT2D eigenvalue weighted by Gasteiger charge is -2.21. The van der Waals surface area contributed by atoms with Gasteiger partial charge in [0.25, 0.3) is 0 Å². The molecule has 1 heterocycles. The van der Waals surface area contributed by atoms with Crippen molar-refractivity contribution in [2.24, 2.45) is 5.73 Å². The van der Waals surface area contributed by atoms with Crippen LogP contribution in [0.3, 0.4) is 0 Å². The Bertz CT molecular complexity index is 645. The summed E-state index contributed by atoms with van der Waals surface area (Å²) in [4.78, 5) is 19.0. The summed E-state index contributed by atoms with van der Waals surface area (Å²) in [5, 5.41) is 2.86. The number of benzene rings is 1. The Labute approximate surface area is 153 Å². The van der Waals surface area contributed by atoms with Crippen molar-refractivity contribution in [2.45, 2.75) is 32.8 Å². The molecule has 5 nitrogen and oxygen atoms in total. The van der Waals surface area contributed by atoms with Crippen LogP contribution in [-0.4, -0.2) is 42.0 Å². The molecular weight excluding hydrogens is 334 g/mol. The average molecular weight is 362 g/mol. The first kappa shape index (κ1) is 19.6. The second kappa shape index (κ2) is 10.3. The van der Waals surface area contributed by atoms with Crippen molar-refractivity contribution in [1.29, 1.82) is 0 Å². The minimum atomic E-state index is -0.0305. The summed E-state index contributed by atoms with van der Waals surface area (Å²) in [5.41, 5.74) is 7.71. The van der Waals surface area contributed by atoms with E-state index in [2.05, 4.69) is 17.1 Å². The van der Waals surface area contributed by atoms with E-state index in [1.165, 1.54) is 5.56 Å². The van der Waals surface area contributed by atoms with Crippen LogP contribution in [0.4, 0.5) is 0 Å². The lowest BCUT2D eigenvalue weighted by Crippen LogP contribution is -2.38. The number of carbonyl (C=O) groups is 1. The molecule has 0 spiro atoms. The average Bonchev–Trinajstić information content (AvgIpc) is 3.08. The van der Waals surface area contributed by atoms with Crippen LogP contribution in [0.2, 0.25) is 0 Å². The second-order valence-electron chi connectivity index (χ2n) is 5.86. The van der Waals surface area contributed by atoms with E-state index in [0.717, 1.165) is 17.1 Å². The first-order valence-corrected chi connectivity index (χ1v) is 9.59. The highest BCUT2D eigenvalue weighted by Crippen LogP contribution is 2.21. The Kier molecular flexibility index (Phi) is 8.04. The molecule has 1 atom stereocenters. The number of thiazole rings is 1. The molecule has 0 aliphatic carbocycles. The van der Waals surface area contributed by atoms with Gasteiger partial charge in [-0.3, -0.25) is 4.79 Å². The molecular formula is C19H27N3O2S. The van der Waals surface area contributed by atoms with Gasteiger partial charge in [0.15, 0.2) is 0 Å². The maximum atomic E-state index is 12.6. The molecule has 1 aromatic carbocycles. The van der Waals surface area contributed by atoms with Gasteiger partial charge in [-0.05, 0) is 25.8 Å². The number of nitrogens with zero attached hydrogens (tertiary/aromatic N) is 2. The summed E-state index contributed by atoms with van der Waals surface area (Å²) in [7, 11) is 0. The third-order valence-electron chi connectivity index (χ3n) is 3.93. The number of ether oxygens (including phenoxy) is 1. The third kappa shape index (κ3) is 6.23. The van der Waals surface area contributed by atoms with E-state index in [1.54, 1.807) is 11.3 Å². The number of carbonyl (C=O) groups excluding carboxylic acids is 1. The molecule has 2 N–H and O–H groups in total. The minimum absolute atomic E-state index is 0.0305. The summed E-state index contributed by atoms with van der Waals surface area (Å²) in [6.07, 6.45) is 1.11. The molecule has 0 aliphatic rings. The molecule has 0 radical (unpaired) electrons. The topological polar surface area (TPSA) is 68.5 Å². The first-order valence-electron chi connectivity index (χ1n) is 8.71. The molecule has 2 rings (SSSR count). The molecule has 2 aromatic rings. The van der Waals surface area contributed by atoms with Crippen molar-refractivity contribution in [2.75, 3.05) is 26.2 Å². The van der Waals surface area contributed by atoms with Crippen LogP contribution in [0.1, 0.15) is 36.2 Å². The van der Waals surface area contributed by atoms with Gasteiger partial charge in [-0.15, -0.1) is 11.3 Å². The molecule has 1 aromatic heterocycles. The molecule has 0 bridgehead atoms. The molecule has 0 saturated heterocycles. The predicted molar refractivity (Wildman–Crippen MR) is 102 cm³/mol. The summed E-state index contributed by atoms with van der Waals surface area (Å²) < 4.78 is 5.56. The largest absolute Gasteiger partial charge is 0.372 e. The van der Waals surface area contributed by atoms with Gasteiger partial charge in [-0.1, -0.05) is 30.3 Å². The zero-order valence-electron chi connectivity index (χ0n) is 15.0. The highest BCUT2D eigenvalue weighted by Gasteiger charge is 2.17. The van der Waals surface area contributed by atoms with Crippen molar-refractivity contribution in [3.8, 4) is 0 Å². The van der Waals surface area contributed by atoms with E-state index in [0.29, 0.717) is 32.7 Å². The van der Waals surface area contributed by atoms with Crippen molar-refractivity contribution in [3.05, 3.63) is 52.0 Å². The minimum Gasteiger partial charge on any atom is -0.372 e.